The maximum atomic E-state index is 12.7. The predicted octanol–water partition coefficient (Wildman–Crippen LogP) is 5.28. The van der Waals surface area contributed by atoms with Gasteiger partial charge in [-0.1, -0.05) is 39.7 Å². The van der Waals surface area contributed by atoms with Gasteiger partial charge in [-0.15, -0.1) is 0 Å². The summed E-state index contributed by atoms with van der Waals surface area (Å²) in [5.41, 5.74) is 3.95. The number of nitrogens with zero attached hydrogens (tertiary/aromatic N) is 1. The van der Waals surface area contributed by atoms with Gasteiger partial charge in [0, 0.05) is 20.6 Å². The summed E-state index contributed by atoms with van der Waals surface area (Å²) >= 11 is 4.95. The first-order valence-corrected chi connectivity index (χ1v) is 8.18. The molecule has 0 radical (unpaired) electrons. The maximum Gasteiger partial charge on any atom is 0.268 e. The SMILES string of the molecule is CC1=Cc2ccc(Br)cc2SN1C(=O)c1ccc(C)cc1. The minimum absolute atomic E-state index is 0.0133. The Morgan fingerprint density at radius 3 is 2.52 bits per heavy atom. The Balaban J connectivity index is 1.94. The zero-order chi connectivity index (χ0) is 15.0. The average molecular weight is 360 g/mol. The number of carbonyl (C=O) groups excluding carboxylic acids is 1. The van der Waals surface area contributed by atoms with Gasteiger partial charge in [0.05, 0.1) is 0 Å². The molecule has 1 amide bonds. The highest BCUT2D eigenvalue weighted by Crippen LogP contribution is 2.38. The lowest BCUT2D eigenvalue weighted by Crippen LogP contribution is -2.24. The van der Waals surface area contributed by atoms with Gasteiger partial charge < -0.3 is 0 Å². The number of rotatable bonds is 1. The molecule has 2 nitrogen and oxygen atoms in total. The molecule has 0 saturated heterocycles. The van der Waals surface area contributed by atoms with Gasteiger partial charge in [0.25, 0.3) is 5.91 Å². The van der Waals surface area contributed by atoms with E-state index in [2.05, 4.69) is 22.0 Å². The van der Waals surface area contributed by atoms with Crippen molar-refractivity contribution in [3.05, 3.63) is 69.3 Å². The lowest BCUT2D eigenvalue weighted by atomic mass is 10.1. The lowest BCUT2D eigenvalue weighted by Gasteiger charge is -2.27. The molecule has 1 heterocycles. The third-order valence-corrected chi connectivity index (χ3v) is 5.01. The summed E-state index contributed by atoms with van der Waals surface area (Å²) in [7, 11) is 0. The zero-order valence-corrected chi connectivity index (χ0v) is 14.2. The van der Waals surface area contributed by atoms with Crippen LogP contribution in [0, 0.1) is 6.92 Å². The highest BCUT2D eigenvalue weighted by molar-refractivity contribution is 9.10. The van der Waals surface area contributed by atoms with Crippen LogP contribution in [0.5, 0.6) is 0 Å². The van der Waals surface area contributed by atoms with Crippen LogP contribution < -0.4 is 0 Å². The van der Waals surface area contributed by atoms with Gasteiger partial charge in [-0.3, -0.25) is 4.79 Å². The number of fused-ring (bicyclic) bond motifs is 1. The second-order valence-corrected chi connectivity index (χ2v) is 6.93. The first-order valence-electron chi connectivity index (χ1n) is 6.61. The number of halogens is 1. The third-order valence-electron chi connectivity index (χ3n) is 3.33. The average Bonchev–Trinajstić information content (AvgIpc) is 2.47. The van der Waals surface area contributed by atoms with Crippen LogP contribution >= 0.6 is 27.9 Å². The van der Waals surface area contributed by atoms with E-state index in [4.69, 9.17) is 0 Å². The van der Waals surface area contributed by atoms with Crippen molar-refractivity contribution < 1.29 is 4.79 Å². The highest BCUT2D eigenvalue weighted by atomic mass is 79.9. The van der Waals surface area contributed by atoms with Crippen molar-refractivity contribution in [3.8, 4) is 0 Å². The van der Waals surface area contributed by atoms with Gasteiger partial charge in [-0.05, 0) is 61.7 Å². The summed E-state index contributed by atoms with van der Waals surface area (Å²) in [6.07, 6.45) is 2.05. The van der Waals surface area contributed by atoms with Crippen LogP contribution in [0.25, 0.3) is 6.08 Å². The molecule has 0 spiro atoms. The number of aryl methyl sites for hydroxylation is 1. The summed E-state index contributed by atoms with van der Waals surface area (Å²) in [6.45, 7) is 3.98. The van der Waals surface area contributed by atoms with Crippen molar-refractivity contribution in [2.24, 2.45) is 0 Å². The normalized spacial score (nSPS) is 13.7. The molecule has 21 heavy (non-hydrogen) atoms. The molecule has 4 heteroatoms. The molecule has 1 aliphatic heterocycles. The van der Waals surface area contributed by atoms with Gasteiger partial charge in [-0.2, -0.15) is 0 Å². The topological polar surface area (TPSA) is 20.3 Å². The molecule has 0 fully saturated rings. The van der Waals surface area contributed by atoms with Gasteiger partial charge in [-0.25, -0.2) is 4.31 Å². The van der Waals surface area contributed by atoms with Gasteiger partial charge >= 0.3 is 0 Å². The number of benzene rings is 2. The van der Waals surface area contributed by atoms with E-state index in [-0.39, 0.29) is 5.91 Å². The largest absolute Gasteiger partial charge is 0.268 e. The quantitative estimate of drug-likeness (QED) is 0.645. The smallest absolute Gasteiger partial charge is 0.268 e. The molecular formula is C17H14BrNOS. The molecule has 0 bridgehead atoms. The van der Waals surface area contributed by atoms with E-state index in [0.29, 0.717) is 5.56 Å². The number of hydrogen-bond donors (Lipinski definition) is 0. The van der Waals surface area contributed by atoms with E-state index in [1.54, 1.807) is 4.31 Å². The van der Waals surface area contributed by atoms with E-state index < -0.39 is 0 Å². The van der Waals surface area contributed by atoms with Crippen molar-refractivity contribution in [3.63, 3.8) is 0 Å². The van der Waals surface area contributed by atoms with E-state index in [0.717, 1.165) is 26.2 Å². The Morgan fingerprint density at radius 1 is 1.10 bits per heavy atom. The highest BCUT2D eigenvalue weighted by Gasteiger charge is 2.23. The summed E-state index contributed by atoms with van der Waals surface area (Å²) in [4.78, 5) is 13.7. The number of allylic oxidation sites excluding steroid dienone is 1. The summed E-state index contributed by atoms with van der Waals surface area (Å²) in [5, 5.41) is 0. The second kappa shape index (κ2) is 5.70. The number of amides is 1. The van der Waals surface area contributed by atoms with Crippen molar-refractivity contribution in [1.82, 2.24) is 4.31 Å². The summed E-state index contributed by atoms with van der Waals surface area (Å²) in [5.74, 6) is 0.0133. The van der Waals surface area contributed by atoms with Crippen molar-refractivity contribution in [2.75, 3.05) is 0 Å². The molecule has 3 rings (SSSR count). The Hall–Kier alpha value is -1.52. The fraction of sp³-hybridized carbons (Fsp3) is 0.118. The molecule has 0 unspecified atom stereocenters. The molecule has 0 atom stereocenters. The number of hydrogen-bond acceptors (Lipinski definition) is 2. The van der Waals surface area contributed by atoms with Crippen LogP contribution in [-0.4, -0.2) is 10.2 Å². The van der Waals surface area contributed by atoms with Crippen LogP contribution in [0.2, 0.25) is 0 Å². The van der Waals surface area contributed by atoms with Gasteiger partial charge in [0.1, 0.15) is 0 Å². The minimum Gasteiger partial charge on any atom is -0.268 e. The number of carbonyl (C=O) groups is 1. The monoisotopic (exact) mass is 359 g/mol. The first-order chi connectivity index (χ1) is 10.0. The van der Waals surface area contributed by atoms with Gasteiger partial charge in [0.2, 0.25) is 0 Å². The fourth-order valence-electron chi connectivity index (χ4n) is 2.18. The Morgan fingerprint density at radius 2 is 1.81 bits per heavy atom. The summed E-state index contributed by atoms with van der Waals surface area (Å²) in [6, 6.07) is 13.8. The molecule has 1 aliphatic rings. The lowest BCUT2D eigenvalue weighted by molar-refractivity contribution is 0.0898. The molecule has 2 aromatic carbocycles. The fourth-order valence-corrected chi connectivity index (χ4v) is 3.68. The van der Waals surface area contributed by atoms with Crippen LogP contribution in [0.4, 0.5) is 0 Å². The molecule has 106 valence electrons. The predicted molar refractivity (Wildman–Crippen MR) is 91.0 cm³/mol. The van der Waals surface area contributed by atoms with Crippen molar-refractivity contribution >= 4 is 39.9 Å². The molecule has 0 N–H and O–H groups in total. The van der Waals surface area contributed by atoms with E-state index in [9.17, 15) is 4.79 Å². The Bertz CT molecular complexity index is 737. The standard InChI is InChI=1S/C17H14BrNOS/c1-11-3-5-13(6-4-11)17(20)19-12(2)9-14-7-8-15(18)10-16(14)21-19/h3-10H,1-2H3. The van der Waals surface area contributed by atoms with E-state index in [1.165, 1.54) is 11.9 Å². The molecular weight excluding hydrogens is 346 g/mol. The summed E-state index contributed by atoms with van der Waals surface area (Å²) < 4.78 is 2.77. The minimum atomic E-state index is 0.0133. The molecule has 0 aliphatic carbocycles. The van der Waals surface area contributed by atoms with Crippen molar-refractivity contribution in [2.45, 2.75) is 18.7 Å². The van der Waals surface area contributed by atoms with Crippen LogP contribution in [0.1, 0.15) is 28.4 Å². The maximum absolute atomic E-state index is 12.7. The van der Waals surface area contributed by atoms with Crippen molar-refractivity contribution in [1.29, 1.82) is 0 Å². The first kappa shape index (κ1) is 14.4. The molecule has 2 aromatic rings. The molecule has 0 aromatic heterocycles. The van der Waals surface area contributed by atoms with Crippen LogP contribution in [0.3, 0.4) is 0 Å². The van der Waals surface area contributed by atoms with E-state index in [1.807, 2.05) is 56.3 Å². The van der Waals surface area contributed by atoms with E-state index >= 15 is 0 Å². The van der Waals surface area contributed by atoms with Crippen LogP contribution in [0.15, 0.2) is 57.5 Å². The van der Waals surface area contributed by atoms with Crippen LogP contribution in [-0.2, 0) is 0 Å². The Kier molecular flexibility index (Phi) is 3.91. The third kappa shape index (κ3) is 2.92. The zero-order valence-electron chi connectivity index (χ0n) is 11.8. The second-order valence-electron chi connectivity index (χ2n) is 5.02. The van der Waals surface area contributed by atoms with Gasteiger partial charge in [0.15, 0.2) is 0 Å². The molecule has 0 saturated carbocycles. The Labute approximate surface area is 137 Å².